The third-order valence-electron chi connectivity index (χ3n) is 3.50. The summed E-state index contributed by atoms with van der Waals surface area (Å²) in [7, 11) is 1.60. The van der Waals surface area contributed by atoms with Crippen LogP contribution in [-0.4, -0.2) is 32.2 Å². The van der Waals surface area contributed by atoms with Crippen molar-refractivity contribution in [1.82, 2.24) is 19.1 Å². The average Bonchev–Trinajstić information content (AvgIpc) is 3.05. The Kier molecular flexibility index (Phi) is 4.62. The van der Waals surface area contributed by atoms with Gasteiger partial charge in [-0.1, -0.05) is 0 Å². The highest BCUT2D eigenvalue weighted by Crippen LogP contribution is 2.24. The summed E-state index contributed by atoms with van der Waals surface area (Å²) < 4.78 is 11.3. The molecule has 1 amide bonds. The molecule has 0 saturated heterocycles. The van der Waals surface area contributed by atoms with Crippen molar-refractivity contribution < 1.29 is 9.53 Å². The lowest BCUT2D eigenvalue weighted by atomic mass is 10.1. The topological polar surface area (TPSA) is 81.9 Å². The summed E-state index contributed by atoms with van der Waals surface area (Å²) in [5.74, 6) is 0.373. The second-order valence-electron chi connectivity index (χ2n) is 5.67. The van der Waals surface area contributed by atoms with Gasteiger partial charge in [0, 0.05) is 24.3 Å². The number of rotatable bonds is 5. The van der Waals surface area contributed by atoms with Gasteiger partial charge in [0.05, 0.1) is 5.69 Å². The number of amides is 1. The van der Waals surface area contributed by atoms with E-state index in [-0.39, 0.29) is 5.91 Å². The summed E-state index contributed by atoms with van der Waals surface area (Å²) in [6.07, 6.45) is 0. The molecule has 120 valence electrons. The van der Waals surface area contributed by atoms with Gasteiger partial charge in [0.2, 0.25) is 5.13 Å². The molecule has 2 aromatic rings. The van der Waals surface area contributed by atoms with Crippen LogP contribution in [0.25, 0.3) is 0 Å². The van der Waals surface area contributed by atoms with Crippen molar-refractivity contribution in [2.24, 2.45) is 0 Å². The van der Waals surface area contributed by atoms with E-state index in [0.717, 1.165) is 22.9 Å². The maximum Gasteiger partial charge on any atom is 0.250 e. The van der Waals surface area contributed by atoms with Crippen molar-refractivity contribution in [3.63, 3.8) is 0 Å². The van der Waals surface area contributed by atoms with Gasteiger partial charge < -0.3 is 4.74 Å². The molecule has 2 aromatic heterocycles. The zero-order chi connectivity index (χ0) is 16.5. The molecule has 1 atom stereocenters. The fraction of sp³-hybridized carbons (Fsp3) is 0.571. The fourth-order valence-electron chi connectivity index (χ4n) is 1.97. The normalized spacial score (nSPS) is 13.2. The van der Waals surface area contributed by atoms with Gasteiger partial charge in [0.15, 0.2) is 5.82 Å². The Bertz CT molecular complexity index is 677. The minimum Gasteiger partial charge on any atom is -0.371 e. The molecule has 0 bridgehead atoms. The van der Waals surface area contributed by atoms with Gasteiger partial charge >= 0.3 is 0 Å². The van der Waals surface area contributed by atoms with Gasteiger partial charge in [-0.15, -0.1) is 0 Å². The number of methoxy groups -OCH3 is 1. The van der Waals surface area contributed by atoms with Gasteiger partial charge in [-0.3, -0.25) is 14.8 Å². The van der Waals surface area contributed by atoms with Crippen LogP contribution in [0, 0.1) is 13.8 Å². The van der Waals surface area contributed by atoms with Crippen molar-refractivity contribution in [3.8, 4) is 0 Å². The van der Waals surface area contributed by atoms with E-state index in [2.05, 4.69) is 19.8 Å². The molecule has 7 nitrogen and oxygen atoms in total. The number of carbonyl (C=O) groups excluding carboxylic acids is 1. The first-order valence-corrected chi connectivity index (χ1v) is 7.75. The van der Waals surface area contributed by atoms with Crippen LogP contribution >= 0.6 is 11.5 Å². The molecule has 2 heterocycles. The van der Waals surface area contributed by atoms with Crippen LogP contribution in [0.1, 0.15) is 44.0 Å². The van der Waals surface area contributed by atoms with E-state index in [1.165, 1.54) is 0 Å². The fourth-order valence-corrected chi connectivity index (χ4v) is 2.68. The van der Waals surface area contributed by atoms with E-state index in [1.54, 1.807) is 18.7 Å². The Morgan fingerprint density at radius 1 is 1.45 bits per heavy atom. The van der Waals surface area contributed by atoms with Crippen molar-refractivity contribution >= 4 is 22.6 Å². The van der Waals surface area contributed by atoms with Crippen molar-refractivity contribution in [2.45, 2.75) is 46.3 Å². The van der Waals surface area contributed by atoms with E-state index in [0.29, 0.717) is 11.0 Å². The molecular formula is C14H21N5O2S. The van der Waals surface area contributed by atoms with Gasteiger partial charge in [-0.2, -0.15) is 9.47 Å². The molecule has 1 N–H and O–H groups in total. The number of aromatic nitrogens is 4. The number of ether oxygens (including phenoxy) is 1. The maximum atomic E-state index is 12.3. The first-order chi connectivity index (χ1) is 10.2. The molecule has 0 aliphatic carbocycles. The Morgan fingerprint density at radius 3 is 2.68 bits per heavy atom. The van der Waals surface area contributed by atoms with Crippen LogP contribution in [0.5, 0.6) is 0 Å². The first kappa shape index (κ1) is 16.6. The average molecular weight is 323 g/mol. The third-order valence-corrected chi connectivity index (χ3v) is 4.13. The van der Waals surface area contributed by atoms with E-state index < -0.39 is 11.6 Å². The first-order valence-electron chi connectivity index (χ1n) is 6.97. The van der Waals surface area contributed by atoms with Gasteiger partial charge in [0.25, 0.3) is 5.91 Å². The second-order valence-corrected chi connectivity index (χ2v) is 6.43. The molecule has 0 aliphatic rings. The lowest BCUT2D eigenvalue weighted by molar-refractivity contribution is -0.119. The number of carbonyl (C=O) groups is 1. The highest BCUT2D eigenvalue weighted by atomic mass is 32.1. The standard InChI is InChI=1S/C14H21N5O2S/c1-8-7-9(2)19(17-8)10(3)11(20)15-13-16-12(18-22-13)14(4,5)21-6/h7,10H,1-6H3,(H,15,16,18,20). The Labute approximate surface area is 133 Å². The molecule has 0 fully saturated rings. The third kappa shape index (κ3) is 3.33. The van der Waals surface area contributed by atoms with E-state index in [1.807, 2.05) is 33.8 Å². The molecule has 2 rings (SSSR count). The SMILES string of the molecule is COC(C)(C)c1nsc(NC(=O)C(C)n2nc(C)cc2C)n1. The quantitative estimate of drug-likeness (QED) is 0.914. The highest BCUT2D eigenvalue weighted by Gasteiger charge is 2.26. The Balaban J connectivity index is 2.11. The van der Waals surface area contributed by atoms with Crippen LogP contribution in [0.2, 0.25) is 0 Å². The van der Waals surface area contributed by atoms with E-state index >= 15 is 0 Å². The molecule has 0 aromatic carbocycles. The summed E-state index contributed by atoms with van der Waals surface area (Å²) in [6, 6.07) is 1.52. The van der Waals surface area contributed by atoms with Crippen LogP contribution < -0.4 is 5.32 Å². The van der Waals surface area contributed by atoms with Gasteiger partial charge in [0.1, 0.15) is 11.6 Å². The molecule has 0 spiro atoms. The monoisotopic (exact) mass is 323 g/mol. The predicted octanol–water partition coefficient (Wildman–Crippen LogP) is 2.43. The van der Waals surface area contributed by atoms with Gasteiger partial charge in [-0.25, -0.2) is 4.98 Å². The molecule has 1 unspecified atom stereocenters. The zero-order valence-electron chi connectivity index (χ0n) is 13.7. The van der Waals surface area contributed by atoms with Crippen LogP contribution in [0.15, 0.2) is 6.07 Å². The summed E-state index contributed by atoms with van der Waals surface area (Å²) in [5, 5.41) is 7.57. The van der Waals surface area contributed by atoms with E-state index in [9.17, 15) is 4.79 Å². The number of hydrogen-bond acceptors (Lipinski definition) is 6. The minimum absolute atomic E-state index is 0.177. The smallest absolute Gasteiger partial charge is 0.250 e. The molecule has 0 saturated carbocycles. The predicted molar refractivity (Wildman–Crippen MR) is 85.0 cm³/mol. The largest absolute Gasteiger partial charge is 0.371 e. The maximum absolute atomic E-state index is 12.3. The zero-order valence-corrected chi connectivity index (χ0v) is 14.5. The highest BCUT2D eigenvalue weighted by molar-refractivity contribution is 7.09. The minimum atomic E-state index is -0.583. The Morgan fingerprint density at radius 2 is 2.14 bits per heavy atom. The lowest BCUT2D eigenvalue weighted by Crippen LogP contribution is -2.25. The molecule has 8 heteroatoms. The molecular weight excluding hydrogens is 302 g/mol. The summed E-state index contributed by atoms with van der Waals surface area (Å²) in [4.78, 5) is 16.7. The number of nitrogens with zero attached hydrogens (tertiary/aromatic N) is 4. The van der Waals surface area contributed by atoms with Crippen LogP contribution in [0.4, 0.5) is 5.13 Å². The molecule has 0 aliphatic heterocycles. The summed E-state index contributed by atoms with van der Waals surface area (Å²) >= 11 is 1.14. The summed E-state index contributed by atoms with van der Waals surface area (Å²) in [5.41, 5.74) is 1.25. The number of aryl methyl sites for hydroxylation is 2. The lowest BCUT2D eigenvalue weighted by Gasteiger charge is -2.18. The summed E-state index contributed by atoms with van der Waals surface area (Å²) in [6.45, 7) is 9.38. The van der Waals surface area contributed by atoms with E-state index in [4.69, 9.17) is 4.74 Å². The van der Waals surface area contributed by atoms with Crippen molar-refractivity contribution in [2.75, 3.05) is 12.4 Å². The van der Waals surface area contributed by atoms with Crippen molar-refractivity contribution in [3.05, 3.63) is 23.3 Å². The van der Waals surface area contributed by atoms with Crippen LogP contribution in [-0.2, 0) is 15.1 Å². The van der Waals surface area contributed by atoms with Crippen molar-refractivity contribution in [1.29, 1.82) is 0 Å². The number of hydrogen-bond donors (Lipinski definition) is 1. The Hall–Kier alpha value is -1.80. The number of anilines is 1. The second kappa shape index (κ2) is 6.13. The molecule has 0 radical (unpaired) electrons. The number of nitrogens with one attached hydrogen (secondary N) is 1. The molecule has 22 heavy (non-hydrogen) atoms. The van der Waals surface area contributed by atoms with Crippen LogP contribution in [0.3, 0.4) is 0 Å². The van der Waals surface area contributed by atoms with Gasteiger partial charge in [-0.05, 0) is 40.7 Å².